The van der Waals surface area contributed by atoms with Gasteiger partial charge in [0.25, 0.3) is 11.8 Å². The van der Waals surface area contributed by atoms with Crippen molar-refractivity contribution in [1.29, 1.82) is 0 Å². The molecule has 8 aromatic rings. The minimum Gasteiger partial charge on any atom is -0.505 e. The second-order valence-electron chi connectivity index (χ2n) is 22.5. The molecule has 26 heteroatoms. The fraction of sp³-hybridized carbons (Fsp3) is 0.313. The number of pyridine rings is 2. The van der Waals surface area contributed by atoms with Crippen LogP contribution in [0.25, 0.3) is 21.8 Å². The van der Waals surface area contributed by atoms with Crippen molar-refractivity contribution >= 4 is 61.0 Å². The van der Waals surface area contributed by atoms with Crippen LogP contribution in [0.4, 0.5) is 18.4 Å². The molecule has 6 heterocycles. The fourth-order valence-electron chi connectivity index (χ4n) is 11.8. The molecule has 4 amide bonds. The molecule has 4 aliphatic rings. The van der Waals surface area contributed by atoms with Crippen molar-refractivity contribution in [2.75, 3.05) is 106 Å². The van der Waals surface area contributed by atoms with Gasteiger partial charge in [0.15, 0.2) is 11.5 Å². The maximum absolute atomic E-state index is 14.5. The second kappa shape index (κ2) is 29.1. The lowest BCUT2D eigenvalue weighted by molar-refractivity contribution is 0.0755. The standard InChI is InChI=1S/C40H40FN4O7P.C27H30FN4O7P/c1-49-53(48,50-2)25-24-43-20-22-44(23-21-43)40(47)52-37-32-14-9-19-42-35(32)38(51-36(29-10-5-3-6-11-29)30-12-7-4-8-13-30)34-33(37)27-45(39(34)46)26-28-15-17-31(41)18-16-28;1-37-40(36,38-2)15-14-30-10-12-31(13-11-30)27(35)39-25-20-4-3-9-29-23(20)24(33)22-21(25)17-32(26(22)34)16-18-5-7-19(28)8-6-18/h3-19,36H,20-27H2,1-2H3;3-9,33H,10-17H2,1-2H3. The quantitative estimate of drug-likeness (QED) is 0.0699. The third kappa shape index (κ3) is 14.7. The smallest absolute Gasteiger partial charge is 0.415 e. The first-order chi connectivity index (χ1) is 45.0. The summed E-state index contributed by atoms with van der Waals surface area (Å²) in [5, 5.41) is 11.9. The highest BCUT2D eigenvalue weighted by atomic mass is 31.2. The Kier molecular flexibility index (Phi) is 20.6. The number of hydrogen-bond donors (Lipinski definition) is 1. The van der Waals surface area contributed by atoms with Crippen molar-refractivity contribution < 1.29 is 74.5 Å². The van der Waals surface area contributed by atoms with Crippen LogP contribution < -0.4 is 14.2 Å². The number of halogens is 2. The van der Waals surface area contributed by atoms with E-state index in [0.717, 1.165) is 16.7 Å². The van der Waals surface area contributed by atoms with Gasteiger partial charge in [-0.2, -0.15) is 0 Å². The summed E-state index contributed by atoms with van der Waals surface area (Å²) in [5.41, 5.74) is 4.98. The van der Waals surface area contributed by atoms with E-state index >= 15 is 0 Å². The molecule has 0 unspecified atom stereocenters. The minimum atomic E-state index is -3.15. The average molecular weight is 1310 g/mol. The van der Waals surface area contributed by atoms with Gasteiger partial charge in [-0.1, -0.05) is 84.9 Å². The van der Waals surface area contributed by atoms with E-state index in [-0.39, 0.29) is 95.7 Å². The Labute approximate surface area is 536 Å². The summed E-state index contributed by atoms with van der Waals surface area (Å²) in [6, 6.07) is 38.2. The van der Waals surface area contributed by atoms with Gasteiger partial charge in [0.2, 0.25) is 0 Å². The van der Waals surface area contributed by atoms with Crippen molar-refractivity contribution in [3.63, 3.8) is 0 Å². The van der Waals surface area contributed by atoms with Crippen LogP contribution in [-0.4, -0.2) is 175 Å². The van der Waals surface area contributed by atoms with Crippen molar-refractivity contribution in [2.45, 2.75) is 32.3 Å². The summed E-state index contributed by atoms with van der Waals surface area (Å²) in [6.45, 7) is 5.31. The van der Waals surface area contributed by atoms with Crippen molar-refractivity contribution in [3.8, 4) is 23.0 Å². The first-order valence-corrected chi connectivity index (χ1v) is 33.6. The Bertz CT molecular complexity index is 4070. The maximum Gasteiger partial charge on any atom is 0.415 e. The number of rotatable bonds is 20. The SMILES string of the molecule is COP(=O)(CCN1CCN(C(=O)Oc2c3c(c(O)c4ncccc24)C(=O)N(Cc2ccc(F)cc2)C3)CC1)OC.COP(=O)(CCN1CCN(C(=O)Oc2c3c(c(OC(c4ccccc4)c4ccccc4)c4ncccc24)C(=O)N(Cc2ccc(F)cc2)C3)CC1)OC. The van der Waals surface area contributed by atoms with Crippen molar-refractivity contribution in [3.05, 3.63) is 202 Å². The summed E-state index contributed by atoms with van der Waals surface area (Å²) in [5.74, 6) is -1.05. The van der Waals surface area contributed by atoms with Gasteiger partial charge in [0, 0.05) is 141 Å². The zero-order valence-electron chi connectivity index (χ0n) is 51.7. The molecule has 0 aliphatic carbocycles. The molecule has 2 aromatic heterocycles. The summed E-state index contributed by atoms with van der Waals surface area (Å²) in [4.78, 5) is 74.4. The molecule has 0 spiro atoms. The van der Waals surface area contributed by atoms with Gasteiger partial charge >= 0.3 is 27.4 Å². The molecule has 6 aromatic carbocycles. The number of fused-ring (bicyclic) bond motifs is 4. The van der Waals surface area contributed by atoms with Gasteiger partial charge in [-0.05, 0) is 70.8 Å². The molecule has 0 atom stereocenters. The Morgan fingerprint density at radius 3 is 1.34 bits per heavy atom. The van der Waals surface area contributed by atoms with Gasteiger partial charge < -0.3 is 57.0 Å². The van der Waals surface area contributed by atoms with E-state index in [9.17, 15) is 42.2 Å². The largest absolute Gasteiger partial charge is 0.505 e. The van der Waals surface area contributed by atoms with Crippen LogP contribution in [-0.2, 0) is 53.4 Å². The van der Waals surface area contributed by atoms with Crippen molar-refractivity contribution in [2.24, 2.45) is 0 Å². The van der Waals surface area contributed by atoms with Crippen LogP contribution in [0.1, 0.15) is 60.2 Å². The van der Waals surface area contributed by atoms with E-state index in [1.165, 1.54) is 63.8 Å². The van der Waals surface area contributed by atoms with Crippen LogP contribution >= 0.6 is 15.2 Å². The predicted molar refractivity (Wildman–Crippen MR) is 342 cm³/mol. The lowest BCUT2D eigenvalue weighted by Gasteiger charge is -2.34. The molecule has 2 saturated heterocycles. The van der Waals surface area contributed by atoms with E-state index in [2.05, 4.69) is 14.8 Å². The van der Waals surface area contributed by atoms with Crippen LogP contribution in [0.3, 0.4) is 0 Å². The number of nitrogens with zero attached hydrogens (tertiary/aromatic N) is 8. The molecular weight excluding hydrogens is 1240 g/mol. The van der Waals surface area contributed by atoms with Crippen molar-refractivity contribution in [1.82, 2.24) is 39.4 Å². The number of ether oxygens (including phenoxy) is 3. The second-order valence-corrected chi connectivity index (χ2v) is 27.3. The third-order valence-corrected chi connectivity index (χ3v) is 20.7. The summed E-state index contributed by atoms with van der Waals surface area (Å²) in [7, 11) is -0.829. The Morgan fingerprint density at radius 2 is 0.914 bits per heavy atom. The molecule has 12 rings (SSSR count). The Hall–Kier alpha value is -8.70. The molecule has 0 bridgehead atoms. The number of aromatic nitrogens is 2. The number of benzene rings is 6. The first-order valence-electron chi connectivity index (χ1n) is 30.2. The van der Waals surface area contributed by atoms with E-state index < -0.39 is 39.4 Å². The zero-order valence-corrected chi connectivity index (χ0v) is 53.5. The molecule has 0 radical (unpaired) electrons. The number of amides is 4. The Balaban J connectivity index is 0.000000198. The number of hydrogen-bond acceptors (Lipinski definition) is 18. The molecule has 22 nitrogen and oxygen atoms in total. The number of piperazine rings is 2. The van der Waals surface area contributed by atoms with E-state index in [4.69, 9.17) is 37.3 Å². The highest BCUT2D eigenvalue weighted by Gasteiger charge is 2.41. The summed E-state index contributed by atoms with van der Waals surface area (Å²) >= 11 is 0. The van der Waals surface area contributed by atoms with Gasteiger partial charge in [-0.3, -0.25) is 38.5 Å². The van der Waals surface area contributed by atoms with Crippen LogP contribution in [0.2, 0.25) is 0 Å². The minimum absolute atomic E-state index is 0.0432. The molecule has 1 N–H and O–H groups in total. The summed E-state index contributed by atoms with van der Waals surface area (Å²) < 4.78 is 91.3. The lowest BCUT2D eigenvalue weighted by Crippen LogP contribution is -2.50. The molecule has 486 valence electrons. The normalized spacial score (nSPS) is 15.4. The van der Waals surface area contributed by atoms with Gasteiger partial charge in [0.05, 0.1) is 36.5 Å². The fourth-order valence-corrected chi connectivity index (χ4v) is 13.9. The topological polar surface area (TPSA) is 232 Å². The monoisotopic (exact) mass is 1310 g/mol. The van der Waals surface area contributed by atoms with Crippen LogP contribution in [0.15, 0.2) is 146 Å². The highest BCUT2D eigenvalue weighted by Crippen LogP contribution is 2.49. The van der Waals surface area contributed by atoms with Gasteiger partial charge in [0.1, 0.15) is 40.3 Å². The number of aromatic hydroxyl groups is 1. The number of phenols is 1. The lowest BCUT2D eigenvalue weighted by atomic mass is 9.99. The molecule has 93 heavy (non-hydrogen) atoms. The third-order valence-electron chi connectivity index (χ3n) is 17.0. The molecular formula is C67H70F2N8O14P2. The summed E-state index contributed by atoms with van der Waals surface area (Å²) in [6.07, 6.45) is 1.86. The molecule has 4 aliphatic heterocycles. The van der Waals surface area contributed by atoms with E-state index in [1.54, 1.807) is 63.4 Å². The van der Waals surface area contributed by atoms with Gasteiger partial charge in [-0.15, -0.1) is 0 Å². The first kappa shape index (κ1) is 65.8. The highest BCUT2D eigenvalue weighted by molar-refractivity contribution is 7.54. The number of phenolic OH excluding ortho intramolecular Hbond substituents is 1. The number of carbonyl (C=O) groups excluding carboxylic acids is 4. The molecule has 0 saturated carbocycles. The zero-order chi connectivity index (χ0) is 65.4. The predicted octanol–water partition coefficient (Wildman–Crippen LogP) is 11.1. The van der Waals surface area contributed by atoms with Gasteiger partial charge in [-0.25, -0.2) is 18.4 Å². The van der Waals surface area contributed by atoms with E-state index in [0.29, 0.717) is 98.4 Å². The number of carbonyl (C=O) groups is 4. The molecule has 2 fully saturated rings. The van der Waals surface area contributed by atoms with E-state index in [1.807, 2.05) is 66.7 Å². The maximum atomic E-state index is 14.5. The average Bonchev–Trinajstić information content (AvgIpc) is 1.66. The van der Waals surface area contributed by atoms with Crippen LogP contribution in [0, 0.1) is 11.6 Å². The van der Waals surface area contributed by atoms with Crippen LogP contribution in [0.5, 0.6) is 23.0 Å². The Morgan fingerprint density at radius 1 is 0.516 bits per heavy atom.